The summed E-state index contributed by atoms with van der Waals surface area (Å²) in [5.74, 6) is 7.38. The minimum atomic E-state index is -0.398. The molecule has 0 radical (unpaired) electrons. The first-order chi connectivity index (χ1) is 14.2. The van der Waals surface area contributed by atoms with Crippen LogP contribution in [-0.4, -0.2) is 38.4 Å². The number of methoxy groups -OCH3 is 2. The van der Waals surface area contributed by atoms with Crippen LogP contribution in [0.3, 0.4) is 0 Å². The van der Waals surface area contributed by atoms with Crippen molar-refractivity contribution in [3.8, 4) is 29.1 Å². The van der Waals surface area contributed by atoms with E-state index < -0.39 is 6.03 Å². The molecule has 0 atom stereocenters. The van der Waals surface area contributed by atoms with Crippen molar-refractivity contribution in [2.75, 3.05) is 32.7 Å². The van der Waals surface area contributed by atoms with Crippen molar-refractivity contribution in [2.45, 2.75) is 0 Å². The number of hydrogen-bond donors (Lipinski definition) is 2. The molecule has 0 aliphatic rings. The van der Waals surface area contributed by atoms with E-state index >= 15 is 0 Å². The highest BCUT2D eigenvalue weighted by Gasteiger charge is 2.11. The lowest BCUT2D eigenvalue weighted by Gasteiger charge is -2.13. The molecule has 0 bridgehead atoms. The number of anilines is 1. The van der Waals surface area contributed by atoms with Crippen LogP contribution in [0.1, 0.15) is 0 Å². The highest BCUT2D eigenvalue weighted by Crippen LogP contribution is 2.34. The second-order valence-corrected chi connectivity index (χ2v) is 5.82. The standard InChI is InChI=1S/C22H21N3O4/c1-27-19-12-6-10-17(21(19)28-2)25-22(26)24-13-3-4-15-29-18-11-5-8-16-9-7-14-23-20(16)18/h5-12,14H,13,15H2,1-2H3,(H2,24,25,26). The monoisotopic (exact) mass is 391 g/mol. The van der Waals surface area contributed by atoms with E-state index in [4.69, 9.17) is 14.2 Å². The lowest BCUT2D eigenvalue weighted by Crippen LogP contribution is -2.29. The number of ether oxygens (including phenoxy) is 3. The number of nitrogens with one attached hydrogen (secondary N) is 2. The van der Waals surface area contributed by atoms with Crippen LogP contribution in [0.4, 0.5) is 10.5 Å². The molecule has 7 heteroatoms. The normalized spacial score (nSPS) is 9.86. The van der Waals surface area contributed by atoms with Crippen molar-refractivity contribution >= 4 is 22.6 Å². The third kappa shape index (κ3) is 5.08. The number of aromatic nitrogens is 1. The SMILES string of the molecule is COc1cccc(NC(=O)NCC#CCOc2cccc3cccnc23)c1OC. The molecule has 1 heterocycles. The Bertz CT molecular complexity index is 1050. The Labute approximate surface area is 169 Å². The molecule has 29 heavy (non-hydrogen) atoms. The van der Waals surface area contributed by atoms with Crippen molar-refractivity contribution in [2.24, 2.45) is 0 Å². The number of para-hydroxylation sites is 2. The van der Waals surface area contributed by atoms with Gasteiger partial charge in [0.1, 0.15) is 17.9 Å². The van der Waals surface area contributed by atoms with Gasteiger partial charge < -0.3 is 24.8 Å². The van der Waals surface area contributed by atoms with Gasteiger partial charge in [0.25, 0.3) is 0 Å². The van der Waals surface area contributed by atoms with E-state index in [0.717, 1.165) is 10.9 Å². The molecule has 0 saturated carbocycles. The van der Waals surface area contributed by atoms with Gasteiger partial charge in [0.05, 0.1) is 26.5 Å². The highest BCUT2D eigenvalue weighted by atomic mass is 16.5. The summed E-state index contributed by atoms with van der Waals surface area (Å²) < 4.78 is 16.2. The molecule has 3 rings (SSSR count). The largest absolute Gasteiger partial charge is 0.493 e. The van der Waals surface area contributed by atoms with Gasteiger partial charge in [-0.15, -0.1) is 0 Å². The summed E-state index contributed by atoms with van der Waals surface area (Å²) in [6.45, 7) is 0.373. The highest BCUT2D eigenvalue weighted by molar-refractivity contribution is 5.91. The molecule has 7 nitrogen and oxygen atoms in total. The Morgan fingerprint density at radius 2 is 1.79 bits per heavy atom. The molecular weight excluding hydrogens is 370 g/mol. The molecule has 0 unspecified atom stereocenters. The van der Waals surface area contributed by atoms with Crippen LogP contribution >= 0.6 is 0 Å². The van der Waals surface area contributed by atoms with Crippen LogP contribution < -0.4 is 24.8 Å². The minimum absolute atomic E-state index is 0.176. The summed E-state index contributed by atoms with van der Waals surface area (Å²) >= 11 is 0. The Hall–Kier alpha value is -3.92. The molecule has 0 aliphatic carbocycles. The Kier molecular flexibility index (Phi) is 6.74. The summed E-state index contributed by atoms with van der Waals surface area (Å²) in [7, 11) is 3.05. The molecule has 148 valence electrons. The summed E-state index contributed by atoms with van der Waals surface area (Å²) in [4.78, 5) is 16.4. The number of fused-ring (bicyclic) bond motifs is 1. The fraction of sp³-hybridized carbons (Fsp3) is 0.182. The number of carbonyl (C=O) groups is 1. The molecule has 3 aromatic rings. The number of amides is 2. The van der Waals surface area contributed by atoms with Gasteiger partial charge in [-0.1, -0.05) is 36.1 Å². The van der Waals surface area contributed by atoms with Crippen LogP contribution in [0.15, 0.2) is 54.7 Å². The van der Waals surface area contributed by atoms with E-state index in [9.17, 15) is 4.79 Å². The zero-order valence-electron chi connectivity index (χ0n) is 16.2. The van der Waals surface area contributed by atoms with Gasteiger partial charge in [0.2, 0.25) is 0 Å². The number of pyridine rings is 1. The molecular formula is C22H21N3O4. The second-order valence-electron chi connectivity index (χ2n) is 5.82. The number of benzene rings is 2. The van der Waals surface area contributed by atoms with Crippen LogP contribution in [0.25, 0.3) is 10.9 Å². The first-order valence-corrected chi connectivity index (χ1v) is 8.91. The number of carbonyl (C=O) groups excluding carboxylic acids is 1. The summed E-state index contributed by atoms with van der Waals surface area (Å²) in [5, 5.41) is 6.37. The zero-order chi connectivity index (χ0) is 20.5. The van der Waals surface area contributed by atoms with Crippen molar-refractivity contribution < 1.29 is 19.0 Å². The fourth-order valence-electron chi connectivity index (χ4n) is 2.70. The van der Waals surface area contributed by atoms with Gasteiger partial charge in [-0.2, -0.15) is 0 Å². The maximum absolute atomic E-state index is 12.1. The first kappa shape index (κ1) is 19.8. The quantitative estimate of drug-likeness (QED) is 0.629. The summed E-state index contributed by atoms with van der Waals surface area (Å²) in [5.41, 5.74) is 1.30. The molecule has 2 amide bonds. The van der Waals surface area contributed by atoms with Crippen molar-refractivity contribution in [3.63, 3.8) is 0 Å². The molecule has 2 aromatic carbocycles. The maximum Gasteiger partial charge on any atom is 0.320 e. The predicted molar refractivity (Wildman–Crippen MR) is 112 cm³/mol. The number of rotatable bonds is 6. The van der Waals surface area contributed by atoms with Gasteiger partial charge in [-0.05, 0) is 24.3 Å². The Morgan fingerprint density at radius 1 is 1.00 bits per heavy atom. The Balaban J connectivity index is 1.49. The minimum Gasteiger partial charge on any atom is -0.493 e. The number of urea groups is 1. The van der Waals surface area contributed by atoms with E-state index in [0.29, 0.717) is 22.9 Å². The molecule has 1 aromatic heterocycles. The van der Waals surface area contributed by atoms with Crippen LogP contribution in [0.5, 0.6) is 17.2 Å². The van der Waals surface area contributed by atoms with Gasteiger partial charge in [-0.25, -0.2) is 4.79 Å². The maximum atomic E-state index is 12.1. The lowest BCUT2D eigenvalue weighted by atomic mass is 10.2. The average Bonchev–Trinajstić information content (AvgIpc) is 2.76. The van der Waals surface area contributed by atoms with Gasteiger partial charge in [0, 0.05) is 11.6 Å². The third-order valence-corrected chi connectivity index (χ3v) is 4.01. The van der Waals surface area contributed by atoms with Gasteiger partial charge >= 0.3 is 6.03 Å². The predicted octanol–water partition coefficient (Wildman–Crippen LogP) is 3.46. The van der Waals surface area contributed by atoms with E-state index in [1.165, 1.54) is 14.2 Å². The molecule has 2 N–H and O–H groups in total. The van der Waals surface area contributed by atoms with Crippen LogP contribution in [0, 0.1) is 11.8 Å². The molecule has 0 aliphatic heterocycles. The Morgan fingerprint density at radius 3 is 2.62 bits per heavy atom. The van der Waals surface area contributed by atoms with Crippen LogP contribution in [0.2, 0.25) is 0 Å². The van der Waals surface area contributed by atoms with E-state index in [1.54, 1.807) is 24.4 Å². The van der Waals surface area contributed by atoms with Crippen molar-refractivity contribution in [1.29, 1.82) is 0 Å². The molecule has 0 saturated heterocycles. The van der Waals surface area contributed by atoms with Crippen molar-refractivity contribution in [1.82, 2.24) is 10.3 Å². The molecule has 0 spiro atoms. The van der Waals surface area contributed by atoms with Gasteiger partial charge in [0.15, 0.2) is 11.5 Å². The van der Waals surface area contributed by atoms with E-state index in [2.05, 4.69) is 27.5 Å². The molecule has 0 fully saturated rings. The second kappa shape index (κ2) is 9.85. The number of nitrogens with zero attached hydrogens (tertiary/aromatic N) is 1. The average molecular weight is 391 g/mol. The van der Waals surface area contributed by atoms with Crippen molar-refractivity contribution in [3.05, 3.63) is 54.7 Å². The van der Waals surface area contributed by atoms with E-state index in [1.807, 2.05) is 30.3 Å². The lowest BCUT2D eigenvalue weighted by molar-refractivity contribution is 0.253. The topological polar surface area (TPSA) is 81.7 Å². The summed E-state index contributed by atoms with van der Waals surface area (Å²) in [6.07, 6.45) is 1.72. The van der Waals surface area contributed by atoms with Crippen LogP contribution in [-0.2, 0) is 0 Å². The van der Waals surface area contributed by atoms with E-state index in [-0.39, 0.29) is 13.2 Å². The third-order valence-electron chi connectivity index (χ3n) is 4.01. The first-order valence-electron chi connectivity index (χ1n) is 8.91. The smallest absolute Gasteiger partial charge is 0.320 e. The zero-order valence-corrected chi connectivity index (χ0v) is 16.2. The fourth-order valence-corrected chi connectivity index (χ4v) is 2.70. The number of hydrogen-bond acceptors (Lipinski definition) is 5. The summed E-state index contributed by atoms with van der Waals surface area (Å²) in [6, 6.07) is 14.4. The van der Waals surface area contributed by atoms with Gasteiger partial charge in [-0.3, -0.25) is 4.98 Å².